The van der Waals surface area contributed by atoms with Crippen LogP contribution in [-0.2, 0) is 0 Å². The standard InChI is InChI=1S/C12H14N2O3.ClH/c15-12(14-5-3-13-4-6-14)9-1-2-10-11(7-9)17-8-16-10;/h1-2,7,13H,3-6,8H2;1H/p-1. The molecule has 0 atom stereocenters. The Hall–Kier alpha value is -1.46. The molecule has 1 aromatic carbocycles. The van der Waals surface area contributed by atoms with Gasteiger partial charge in [0.05, 0.1) is 0 Å². The van der Waals surface area contributed by atoms with E-state index in [4.69, 9.17) is 9.47 Å². The van der Waals surface area contributed by atoms with E-state index in [-0.39, 0.29) is 25.1 Å². The van der Waals surface area contributed by atoms with Gasteiger partial charge >= 0.3 is 0 Å². The molecule has 0 radical (unpaired) electrons. The van der Waals surface area contributed by atoms with E-state index in [2.05, 4.69) is 5.32 Å². The number of hydrogen-bond acceptors (Lipinski definition) is 4. The summed E-state index contributed by atoms with van der Waals surface area (Å²) in [6.07, 6.45) is 0. The maximum Gasteiger partial charge on any atom is 0.254 e. The van der Waals surface area contributed by atoms with Gasteiger partial charge in [0.15, 0.2) is 11.5 Å². The Labute approximate surface area is 111 Å². The minimum atomic E-state index is 0. The molecule has 6 heteroatoms. The number of rotatable bonds is 1. The number of carbonyl (C=O) groups excluding carboxylic acids is 1. The highest BCUT2D eigenvalue weighted by Gasteiger charge is 2.21. The van der Waals surface area contributed by atoms with Gasteiger partial charge in [-0.1, -0.05) is 0 Å². The number of fused-ring (bicyclic) bond motifs is 1. The third kappa shape index (κ3) is 2.37. The molecule has 0 saturated carbocycles. The van der Waals surface area contributed by atoms with Crippen molar-refractivity contribution in [3.63, 3.8) is 0 Å². The Balaban J connectivity index is 0.00000120. The van der Waals surface area contributed by atoms with Crippen LogP contribution < -0.4 is 27.2 Å². The van der Waals surface area contributed by atoms with Crippen molar-refractivity contribution < 1.29 is 26.7 Å². The molecule has 3 rings (SSSR count). The molecule has 1 fully saturated rings. The quantitative estimate of drug-likeness (QED) is 0.611. The number of nitrogens with one attached hydrogen (secondary N) is 1. The Morgan fingerprint density at radius 1 is 1.17 bits per heavy atom. The summed E-state index contributed by atoms with van der Waals surface area (Å²) in [7, 11) is 0. The van der Waals surface area contributed by atoms with Crippen LogP contribution in [0.4, 0.5) is 0 Å². The van der Waals surface area contributed by atoms with E-state index in [0.717, 1.165) is 26.2 Å². The maximum atomic E-state index is 12.2. The van der Waals surface area contributed by atoms with Crippen molar-refractivity contribution in [1.82, 2.24) is 10.2 Å². The summed E-state index contributed by atoms with van der Waals surface area (Å²) in [5, 5.41) is 3.22. The number of benzene rings is 1. The number of amides is 1. The fourth-order valence-corrected chi connectivity index (χ4v) is 2.08. The van der Waals surface area contributed by atoms with Gasteiger partial charge in [0.25, 0.3) is 5.91 Å². The Morgan fingerprint density at radius 2 is 1.89 bits per heavy atom. The highest BCUT2D eigenvalue weighted by molar-refractivity contribution is 5.95. The molecule has 2 aliphatic rings. The molecule has 0 aromatic heterocycles. The first-order chi connectivity index (χ1) is 8.34. The van der Waals surface area contributed by atoms with Crippen molar-refractivity contribution >= 4 is 5.91 Å². The van der Waals surface area contributed by atoms with Gasteiger partial charge in [-0.05, 0) is 18.2 Å². The third-order valence-electron chi connectivity index (χ3n) is 3.02. The van der Waals surface area contributed by atoms with Crippen molar-refractivity contribution in [1.29, 1.82) is 0 Å². The minimum absolute atomic E-state index is 0. The summed E-state index contributed by atoms with van der Waals surface area (Å²) in [6, 6.07) is 5.34. The zero-order chi connectivity index (χ0) is 11.7. The smallest absolute Gasteiger partial charge is 0.254 e. The van der Waals surface area contributed by atoms with Crippen LogP contribution in [-0.4, -0.2) is 43.8 Å². The molecule has 2 aliphatic heterocycles. The monoisotopic (exact) mass is 269 g/mol. The highest BCUT2D eigenvalue weighted by atomic mass is 35.5. The van der Waals surface area contributed by atoms with Crippen LogP contribution in [0.3, 0.4) is 0 Å². The normalized spacial score (nSPS) is 17.2. The fraction of sp³-hybridized carbons (Fsp3) is 0.417. The molecular weight excluding hydrogens is 256 g/mol. The van der Waals surface area contributed by atoms with Gasteiger partial charge in [-0.25, -0.2) is 0 Å². The molecule has 2 heterocycles. The number of hydrogen-bond donors (Lipinski definition) is 1. The average molecular weight is 270 g/mol. The first kappa shape index (κ1) is 13.0. The van der Waals surface area contributed by atoms with E-state index < -0.39 is 0 Å². The predicted octanol–water partition coefficient (Wildman–Crippen LogP) is -2.54. The molecule has 5 nitrogen and oxygen atoms in total. The molecule has 1 aromatic rings. The molecule has 0 bridgehead atoms. The molecule has 0 unspecified atom stereocenters. The third-order valence-corrected chi connectivity index (χ3v) is 3.02. The van der Waals surface area contributed by atoms with Gasteiger partial charge in [0.1, 0.15) is 0 Å². The van der Waals surface area contributed by atoms with Crippen LogP contribution in [0.25, 0.3) is 0 Å². The molecule has 98 valence electrons. The summed E-state index contributed by atoms with van der Waals surface area (Å²) >= 11 is 0. The van der Waals surface area contributed by atoms with Crippen LogP contribution in [0, 0.1) is 0 Å². The van der Waals surface area contributed by atoms with E-state index in [0.29, 0.717) is 17.1 Å². The second-order valence-electron chi connectivity index (χ2n) is 4.11. The minimum Gasteiger partial charge on any atom is -1.00 e. The van der Waals surface area contributed by atoms with Gasteiger partial charge in [-0.15, -0.1) is 0 Å². The lowest BCUT2D eigenvalue weighted by atomic mass is 10.1. The number of halogens is 1. The van der Waals surface area contributed by atoms with Crippen molar-refractivity contribution in [2.45, 2.75) is 0 Å². The summed E-state index contributed by atoms with van der Waals surface area (Å²) < 4.78 is 10.5. The van der Waals surface area contributed by atoms with Crippen molar-refractivity contribution in [3.05, 3.63) is 23.8 Å². The summed E-state index contributed by atoms with van der Waals surface area (Å²) in [5.41, 5.74) is 0.663. The topological polar surface area (TPSA) is 50.8 Å². The van der Waals surface area contributed by atoms with E-state index in [1.165, 1.54) is 0 Å². The van der Waals surface area contributed by atoms with Gasteiger partial charge in [0.2, 0.25) is 6.79 Å². The lowest BCUT2D eigenvalue weighted by Crippen LogP contribution is -3.00. The fourth-order valence-electron chi connectivity index (χ4n) is 2.08. The van der Waals surface area contributed by atoms with Crippen molar-refractivity contribution in [2.75, 3.05) is 33.0 Å². The van der Waals surface area contributed by atoms with Crippen LogP contribution in [0.2, 0.25) is 0 Å². The molecule has 1 amide bonds. The molecule has 0 spiro atoms. The van der Waals surface area contributed by atoms with Gasteiger partial charge in [-0.2, -0.15) is 0 Å². The Bertz CT molecular complexity index is 447. The van der Waals surface area contributed by atoms with Crippen LogP contribution >= 0.6 is 0 Å². The van der Waals surface area contributed by atoms with E-state index >= 15 is 0 Å². The molecular formula is C12H14ClN2O3-. The first-order valence-electron chi connectivity index (χ1n) is 5.74. The summed E-state index contributed by atoms with van der Waals surface area (Å²) in [6.45, 7) is 3.47. The summed E-state index contributed by atoms with van der Waals surface area (Å²) in [5.74, 6) is 1.43. The number of carbonyl (C=O) groups is 1. The molecule has 18 heavy (non-hydrogen) atoms. The number of ether oxygens (including phenoxy) is 2. The van der Waals surface area contributed by atoms with E-state index in [1.54, 1.807) is 18.2 Å². The summed E-state index contributed by atoms with van der Waals surface area (Å²) in [4.78, 5) is 14.1. The maximum absolute atomic E-state index is 12.2. The first-order valence-corrected chi connectivity index (χ1v) is 5.74. The zero-order valence-corrected chi connectivity index (χ0v) is 10.6. The van der Waals surface area contributed by atoms with Gasteiger partial charge in [0, 0.05) is 31.7 Å². The predicted molar refractivity (Wildman–Crippen MR) is 61.3 cm³/mol. The van der Waals surface area contributed by atoms with Gasteiger partial charge < -0.3 is 32.1 Å². The lowest BCUT2D eigenvalue weighted by Gasteiger charge is -2.27. The number of piperazine rings is 1. The highest BCUT2D eigenvalue weighted by Crippen LogP contribution is 2.32. The molecule has 0 aliphatic carbocycles. The van der Waals surface area contributed by atoms with E-state index in [1.807, 2.05) is 4.90 Å². The number of nitrogens with zero attached hydrogens (tertiary/aromatic N) is 1. The van der Waals surface area contributed by atoms with Gasteiger partial charge in [-0.3, -0.25) is 4.79 Å². The molecule has 1 saturated heterocycles. The van der Waals surface area contributed by atoms with Crippen LogP contribution in [0.1, 0.15) is 10.4 Å². The average Bonchev–Trinajstić information content (AvgIpc) is 2.86. The SMILES string of the molecule is O=C(c1ccc2c(c1)OCO2)N1CCNCC1.[Cl-]. The van der Waals surface area contributed by atoms with Crippen molar-refractivity contribution in [2.24, 2.45) is 0 Å². The second kappa shape index (κ2) is 5.46. The second-order valence-corrected chi connectivity index (χ2v) is 4.11. The largest absolute Gasteiger partial charge is 1.00 e. The Morgan fingerprint density at radius 3 is 2.67 bits per heavy atom. The zero-order valence-electron chi connectivity index (χ0n) is 9.82. The molecule has 1 N–H and O–H groups in total. The lowest BCUT2D eigenvalue weighted by molar-refractivity contribution is -0.0000147. The van der Waals surface area contributed by atoms with Crippen LogP contribution in [0.5, 0.6) is 11.5 Å². The van der Waals surface area contributed by atoms with Crippen molar-refractivity contribution in [3.8, 4) is 11.5 Å². The Kier molecular flexibility index (Phi) is 3.93. The van der Waals surface area contributed by atoms with E-state index in [9.17, 15) is 4.79 Å². The van der Waals surface area contributed by atoms with Crippen LogP contribution in [0.15, 0.2) is 18.2 Å².